The molecule has 0 aliphatic heterocycles. The molecular formula is C15H22FNO. The second-order valence-electron chi connectivity index (χ2n) is 5.45. The van der Waals surface area contributed by atoms with Crippen molar-refractivity contribution in [2.75, 3.05) is 0 Å². The Kier molecular flexibility index (Phi) is 4.23. The molecule has 3 unspecified atom stereocenters. The molecule has 0 spiro atoms. The molecule has 2 rings (SSSR count). The molecule has 0 heterocycles. The number of nitrogens with two attached hydrogens (primary N) is 1. The normalized spacial score (nSPS) is 25.8. The fourth-order valence-electron chi connectivity index (χ4n) is 2.73. The van der Waals surface area contributed by atoms with Crippen LogP contribution in [0.3, 0.4) is 0 Å². The molecule has 100 valence electrons. The predicted octanol–water partition coefficient (Wildman–Crippen LogP) is 3.80. The lowest BCUT2D eigenvalue weighted by molar-refractivity contribution is 0.127. The van der Waals surface area contributed by atoms with Crippen LogP contribution in [0.1, 0.15) is 51.1 Å². The summed E-state index contributed by atoms with van der Waals surface area (Å²) in [6.45, 7) is 4.03. The minimum atomic E-state index is -0.345. The van der Waals surface area contributed by atoms with Crippen molar-refractivity contribution in [2.24, 2.45) is 11.7 Å². The zero-order valence-electron chi connectivity index (χ0n) is 11.2. The number of hydrogen-bond donors (Lipinski definition) is 1. The van der Waals surface area contributed by atoms with Gasteiger partial charge >= 0.3 is 0 Å². The highest BCUT2D eigenvalue weighted by atomic mass is 19.1. The van der Waals surface area contributed by atoms with Gasteiger partial charge in [-0.1, -0.05) is 19.4 Å². The van der Waals surface area contributed by atoms with Gasteiger partial charge < -0.3 is 10.5 Å². The Labute approximate surface area is 108 Å². The third-order valence-electron chi connectivity index (χ3n) is 3.65. The minimum Gasteiger partial charge on any atom is -0.490 e. The van der Waals surface area contributed by atoms with Crippen LogP contribution in [-0.4, -0.2) is 6.10 Å². The Morgan fingerprint density at radius 2 is 2.17 bits per heavy atom. The maximum atomic E-state index is 13.8. The fourth-order valence-corrected chi connectivity index (χ4v) is 2.73. The Morgan fingerprint density at radius 1 is 1.39 bits per heavy atom. The molecule has 3 atom stereocenters. The van der Waals surface area contributed by atoms with Crippen molar-refractivity contribution in [2.45, 2.75) is 51.7 Å². The van der Waals surface area contributed by atoms with Crippen LogP contribution < -0.4 is 10.5 Å². The van der Waals surface area contributed by atoms with Crippen molar-refractivity contribution >= 4 is 0 Å². The maximum absolute atomic E-state index is 13.8. The molecule has 0 saturated heterocycles. The van der Waals surface area contributed by atoms with Crippen LogP contribution in [0.2, 0.25) is 0 Å². The van der Waals surface area contributed by atoms with Gasteiger partial charge in [-0.2, -0.15) is 0 Å². The van der Waals surface area contributed by atoms with E-state index in [9.17, 15) is 4.39 Å². The summed E-state index contributed by atoms with van der Waals surface area (Å²) in [4.78, 5) is 0. The molecule has 1 fully saturated rings. The zero-order chi connectivity index (χ0) is 13.1. The summed E-state index contributed by atoms with van der Waals surface area (Å²) >= 11 is 0. The van der Waals surface area contributed by atoms with Gasteiger partial charge in [-0.25, -0.2) is 4.39 Å². The van der Waals surface area contributed by atoms with E-state index >= 15 is 0 Å². The van der Waals surface area contributed by atoms with Crippen molar-refractivity contribution in [1.82, 2.24) is 0 Å². The number of rotatable bonds is 3. The Hall–Kier alpha value is -1.09. The van der Waals surface area contributed by atoms with Crippen LogP contribution >= 0.6 is 0 Å². The maximum Gasteiger partial charge on any atom is 0.131 e. The molecule has 0 radical (unpaired) electrons. The number of ether oxygens (including phenoxy) is 1. The molecule has 1 aliphatic carbocycles. The summed E-state index contributed by atoms with van der Waals surface area (Å²) < 4.78 is 19.8. The number of benzene rings is 1. The van der Waals surface area contributed by atoms with Crippen molar-refractivity contribution in [3.8, 4) is 5.75 Å². The quantitative estimate of drug-likeness (QED) is 0.886. The van der Waals surface area contributed by atoms with E-state index in [2.05, 4.69) is 6.92 Å². The Bertz CT molecular complexity index is 405. The van der Waals surface area contributed by atoms with Crippen LogP contribution in [0.4, 0.5) is 4.39 Å². The van der Waals surface area contributed by atoms with Gasteiger partial charge in [0.25, 0.3) is 0 Å². The predicted molar refractivity (Wildman–Crippen MR) is 71.1 cm³/mol. The molecule has 18 heavy (non-hydrogen) atoms. The van der Waals surface area contributed by atoms with E-state index in [0.717, 1.165) is 12.8 Å². The molecule has 3 heteroatoms. The van der Waals surface area contributed by atoms with Gasteiger partial charge in [0.2, 0.25) is 0 Å². The van der Waals surface area contributed by atoms with Gasteiger partial charge in [0, 0.05) is 11.6 Å². The third kappa shape index (κ3) is 3.02. The lowest BCUT2D eigenvalue weighted by Gasteiger charge is -2.28. The smallest absolute Gasteiger partial charge is 0.131 e. The van der Waals surface area contributed by atoms with Gasteiger partial charge in [-0.05, 0) is 44.2 Å². The average molecular weight is 251 g/mol. The van der Waals surface area contributed by atoms with Gasteiger partial charge in [-0.15, -0.1) is 0 Å². The molecule has 1 aromatic carbocycles. The topological polar surface area (TPSA) is 35.2 Å². The van der Waals surface area contributed by atoms with Crippen molar-refractivity contribution in [3.63, 3.8) is 0 Å². The molecule has 1 saturated carbocycles. The van der Waals surface area contributed by atoms with E-state index in [0.29, 0.717) is 17.2 Å². The highest BCUT2D eigenvalue weighted by molar-refractivity contribution is 5.37. The van der Waals surface area contributed by atoms with Gasteiger partial charge in [-0.3, -0.25) is 0 Å². The lowest BCUT2D eigenvalue weighted by atomic mass is 9.88. The van der Waals surface area contributed by atoms with Crippen LogP contribution in [0.15, 0.2) is 18.2 Å². The standard InChI is InChI=1S/C15H22FNO/c1-10-5-3-6-12(9-10)18-14-8-4-7-13(16)15(14)11(2)17/h4,7-8,10-12H,3,5-6,9,17H2,1-2H3. The van der Waals surface area contributed by atoms with E-state index in [-0.39, 0.29) is 18.0 Å². The van der Waals surface area contributed by atoms with Gasteiger partial charge in [0.15, 0.2) is 0 Å². The summed E-state index contributed by atoms with van der Waals surface area (Å²) in [5, 5.41) is 0. The molecular weight excluding hydrogens is 229 g/mol. The second-order valence-corrected chi connectivity index (χ2v) is 5.45. The largest absolute Gasteiger partial charge is 0.490 e. The average Bonchev–Trinajstić information content (AvgIpc) is 2.28. The van der Waals surface area contributed by atoms with E-state index in [1.807, 2.05) is 6.07 Å². The highest BCUT2D eigenvalue weighted by Gasteiger charge is 2.22. The summed E-state index contributed by atoms with van der Waals surface area (Å²) in [5.74, 6) is 1.03. The molecule has 1 aromatic rings. The van der Waals surface area contributed by atoms with Gasteiger partial charge in [0.05, 0.1) is 6.10 Å². The van der Waals surface area contributed by atoms with Gasteiger partial charge in [0.1, 0.15) is 11.6 Å². The second kappa shape index (κ2) is 5.70. The molecule has 0 aromatic heterocycles. The fraction of sp³-hybridized carbons (Fsp3) is 0.600. The molecule has 0 bridgehead atoms. The highest BCUT2D eigenvalue weighted by Crippen LogP contribution is 2.32. The van der Waals surface area contributed by atoms with Crippen molar-refractivity contribution in [3.05, 3.63) is 29.6 Å². The minimum absolute atomic E-state index is 0.202. The summed E-state index contributed by atoms with van der Waals surface area (Å²) in [5.41, 5.74) is 6.32. The van der Waals surface area contributed by atoms with Crippen LogP contribution in [0.25, 0.3) is 0 Å². The van der Waals surface area contributed by atoms with E-state index in [1.54, 1.807) is 13.0 Å². The monoisotopic (exact) mass is 251 g/mol. The summed E-state index contributed by atoms with van der Waals surface area (Å²) in [7, 11) is 0. The van der Waals surface area contributed by atoms with Crippen molar-refractivity contribution in [1.29, 1.82) is 0 Å². The first kappa shape index (κ1) is 13.3. The number of hydrogen-bond acceptors (Lipinski definition) is 2. The van der Waals surface area contributed by atoms with Crippen LogP contribution in [0.5, 0.6) is 5.75 Å². The first-order valence-electron chi connectivity index (χ1n) is 6.78. The van der Waals surface area contributed by atoms with Crippen LogP contribution in [0, 0.1) is 11.7 Å². The summed E-state index contributed by atoms with van der Waals surface area (Å²) in [6, 6.07) is 4.60. The molecule has 2 N–H and O–H groups in total. The van der Waals surface area contributed by atoms with E-state index in [1.165, 1.54) is 18.9 Å². The number of halogens is 1. The third-order valence-corrected chi connectivity index (χ3v) is 3.65. The first-order valence-corrected chi connectivity index (χ1v) is 6.78. The van der Waals surface area contributed by atoms with Crippen LogP contribution in [-0.2, 0) is 0 Å². The molecule has 0 amide bonds. The van der Waals surface area contributed by atoms with Crippen molar-refractivity contribution < 1.29 is 9.13 Å². The Morgan fingerprint density at radius 3 is 2.83 bits per heavy atom. The SMILES string of the molecule is CC1CCCC(Oc2cccc(F)c2C(C)N)C1. The summed E-state index contributed by atoms with van der Waals surface area (Å²) in [6.07, 6.45) is 4.76. The molecule has 2 nitrogen and oxygen atoms in total. The molecule has 1 aliphatic rings. The Balaban J connectivity index is 2.15. The van der Waals surface area contributed by atoms with E-state index < -0.39 is 0 Å². The van der Waals surface area contributed by atoms with E-state index in [4.69, 9.17) is 10.5 Å². The first-order chi connectivity index (χ1) is 8.58. The zero-order valence-corrected chi connectivity index (χ0v) is 11.2. The lowest BCUT2D eigenvalue weighted by Crippen LogP contribution is -2.25.